The topological polar surface area (TPSA) is 204 Å². The average Bonchev–Trinajstić information content (AvgIpc) is 3.72. The van der Waals surface area contributed by atoms with Crippen molar-refractivity contribution in [1.82, 2.24) is 19.7 Å². The molecular formula is C39H55N6O8P. The molecule has 14 nitrogen and oxygen atoms in total. The highest BCUT2D eigenvalue weighted by molar-refractivity contribution is 7.52. The van der Waals surface area contributed by atoms with Crippen LogP contribution < -0.4 is 15.3 Å². The van der Waals surface area contributed by atoms with E-state index in [1.165, 1.54) is 49.5 Å². The molecule has 1 fully saturated rings. The number of nitrogens with zero attached hydrogens (tertiary/aromatic N) is 4. The lowest BCUT2D eigenvalue weighted by Crippen LogP contribution is -2.41. The monoisotopic (exact) mass is 766 g/mol. The Kier molecular flexibility index (Phi) is 17.1. The van der Waals surface area contributed by atoms with Crippen molar-refractivity contribution in [3.05, 3.63) is 78.8 Å². The summed E-state index contributed by atoms with van der Waals surface area (Å²) in [5.41, 5.74) is 4.31. The first-order chi connectivity index (χ1) is 26.1. The summed E-state index contributed by atoms with van der Waals surface area (Å²) in [6, 6.07) is 12.1. The van der Waals surface area contributed by atoms with Crippen molar-refractivity contribution in [2.75, 3.05) is 18.9 Å². The number of nitrogens with one attached hydrogen (secondary N) is 1. The van der Waals surface area contributed by atoms with Crippen molar-refractivity contribution in [3.8, 4) is 11.8 Å². The Bertz CT molecular complexity index is 1750. The molecule has 54 heavy (non-hydrogen) atoms. The Hall–Kier alpha value is -4.09. The third-order valence-corrected chi connectivity index (χ3v) is 10.8. The van der Waals surface area contributed by atoms with Crippen molar-refractivity contribution >= 4 is 25.1 Å². The largest absolute Gasteiger partial charge is 0.465 e. The van der Waals surface area contributed by atoms with Crippen LogP contribution in [0, 0.1) is 11.3 Å². The number of ether oxygens (including phenoxy) is 2. The summed E-state index contributed by atoms with van der Waals surface area (Å²) in [5.74, 6) is -0.321. The van der Waals surface area contributed by atoms with Gasteiger partial charge in [-0.2, -0.15) is 15.4 Å². The van der Waals surface area contributed by atoms with Crippen LogP contribution in [0.4, 0.5) is 5.82 Å². The van der Waals surface area contributed by atoms with E-state index in [4.69, 9.17) is 24.3 Å². The molecule has 294 valence electrons. The third-order valence-electron chi connectivity index (χ3n) is 9.16. The number of unbranched alkanes of at least 4 members (excludes halogenated alkanes) is 9. The highest BCUT2D eigenvalue weighted by Gasteiger charge is 2.58. The molecule has 3 aromatic rings. The molecule has 15 heteroatoms. The second-order valence-corrected chi connectivity index (χ2v) is 15.1. The molecule has 0 amide bonds. The molecule has 3 heterocycles. The maximum absolute atomic E-state index is 14.1. The summed E-state index contributed by atoms with van der Waals surface area (Å²) in [6.45, 7) is 3.32. The number of para-hydroxylation sites is 1. The van der Waals surface area contributed by atoms with E-state index in [0.717, 1.165) is 44.9 Å². The molecular weight excluding hydrogens is 711 g/mol. The molecule has 2 aromatic heterocycles. The van der Waals surface area contributed by atoms with Crippen LogP contribution in [-0.4, -0.2) is 68.3 Å². The summed E-state index contributed by atoms with van der Waals surface area (Å²) >= 11 is 0. The van der Waals surface area contributed by atoms with E-state index in [1.54, 1.807) is 36.4 Å². The zero-order valence-corrected chi connectivity index (χ0v) is 32.2. The number of aliphatic hydroxyl groups is 2. The minimum atomic E-state index is -4.34. The third kappa shape index (κ3) is 12.0. The van der Waals surface area contributed by atoms with Gasteiger partial charge in [-0.25, -0.2) is 14.1 Å². The van der Waals surface area contributed by atoms with Crippen molar-refractivity contribution in [2.45, 2.75) is 121 Å². The van der Waals surface area contributed by atoms with Gasteiger partial charge in [0, 0.05) is 0 Å². The van der Waals surface area contributed by atoms with E-state index in [0.29, 0.717) is 11.9 Å². The Balaban J connectivity index is 1.23. The predicted molar refractivity (Wildman–Crippen MR) is 205 cm³/mol. The number of aromatic nitrogens is 3. The van der Waals surface area contributed by atoms with Crippen LogP contribution in [0.25, 0.3) is 5.52 Å². The van der Waals surface area contributed by atoms with Crippen LogP contribution in [0.2, 0.25) is 0 Å². The molecule has 1 aromatic carbocycles. The zero-order chi connectivity index (χ0) is 38.8. The SMILES string of the molecule is CCCCCC=CCC=CCCCCCCCCOC(=O)C(C)NP(=O)(OCC1OC(C#N)(c2ccc3c(N)ncnn23)C(O)C1O)Oc1ccccc1. The van der Waals surface area contributed by atoms with Gasteiger partial charge >= 0.3 is 13.7 Å². The molecule has 5 N–H and O–H groups in total. The van der Waals surface area contributed by atoms with E-state index in [-0.39, 0.29) is 23.9 Å². The van der Waals surface area contributed by atoms with Gasteiger partial charge in [-0.15, -0.1) is 0 Å². The van der Waals surface area contributed by atoms with Crippen LogP contribution in [0.5, 0.6) is 5.75 Å². The Morgan fingerprint density at radius 3 is 2.44 bits per heavy atom. The number of nitrogen functional groups attached to an aromatic ring is 1. The van der Waals surface area contributed by atoms with Gasteiger partial charge < -0.3 is 29.9 Å². The number of anilines is 1. The molecule has 0 bridgehead atoms. The molecule has 0 aliphatic carbocycles. The van der Waals surface area contributed by atoms with E-state index in [1.807, 2.05) is 6.07 Å². The molecule has 1 aliphatic rings. The number of fused-ring (bicyclic) bond motifs is 1. The standard InChI is InChI=1S/C39H55N6O8P/c1-3-4-5-6-7-8-9-10-11-12-13-14-15-16-17-21-26-50-38(48)30(2)44-54(49,53-31-22-19-18-20-23-31)51-27-33-35(46)36(47)39(28-40,52-33)34-25-24-32-37(41)42-29-43-45(32)34/h7-8,10-11,18-20,22-25,29-30,33,35-36,46-47H,3-6,9,12-17,21,26-27H2,1-2H3,(H,44,49)(H2,41,42,43). The van der Waals surface area contributed by atoms with Gasteiger partial charge in [0.1, 0.15) is 48.0 Å². The van der Waals surface area contributed by atoms with E-state index < -0.39 is 50.3 Å². The summed E-state index contributed by atoms with van der Waals surface area (Å²) in [5, 5.41) is 39.0. The highest BCUT2D eigenvalue weighted by atomic mass is 31.2. The number of rotatable bonds is 24. The van der Waals surface area contributed by atoms with Crippen molar-refractivity contribution in [3.63, 3.8) is 0 Å². The Morgan fingerprint density at radius 1 is 1.06 bits per heavy atom. The van der Waals surface area contributed by atoms with Gasteiger partial charge in [0.25, 0.3) is 0 Å². The number of nitrogens with two attached hydrogens (primary N) is 1. The van der Waals surface area contributed by atoms with Crippen LogP contribution in [-0.2, 0) is 29.0 Å². The summed E-state index contributed by atoms with van der Waals surface area (Å²) < 4.78 is 38.2. The molecule has 1 aliphatic heterocycles. The molecule has 6 atom stereocenters. The van der Waals surface area contributed by atoms with Gasteiger partial charge in [-0.1, -0.05) is 88.0 Å². The summed E-state index contributed by atoms with van der Waals surface area (Å²) in [6.07, 6.45) is 18.6. The maximum Gasteiger partial charge on any atom is 0.459 e. The summed E-state index contributed by atoms with van der Waals surface area (Å²) in [4.78, 5) is 16.8. The van der Waals surface area contributed by atoms with Crippen molar-refractivity contribution in [1.29, 1.82) is 5.26 Å². The van der Waals surface area contributed by atoms with Crippen LogP contribution >= 0.6 is 7.75 Å². The Labute approximate surface area is 317 Å². The van der Waals surface area contributed by atoms with Gasteiger partial charge in [0.15, 0.2) is 5.82 Å². The minimum Gasteiger partial charge on any atom is -0.465 e. The van der Waals surface area contributed by atoms with Gasteiger partial charge in [0.2, 0.25) is 5.60 Å². The maximum atomic E-state index is 14.1. The molecule has 6 unspecified atom stereocenters. The number of hydrogen-bond acceptors (Lipinski definition) is 12. The lowest BCUT2D eigenvalue weighted by atomic mass is 9.92. The lowest BCUT2D eigenvalue weighted by Gasteiger charge is -2.25. The fourth-order valence-electron chi connectivity index (χ4n) is 6.11. The number of carbonyl (C=O) groups excluding carboxylic acids is 1. The fourth-order valence-corrected chi connectivity index (χ4v) is 7.61. The fraction of sp³-hybridized carbons (Fsp3) is 0.538. The number of nitriles is 1. The number of hydrogen-bond donors (Lipinski definition) is 4. The number of carbonyl (C=O) groups is 1. The molecule has 0 spiro atoms. The average molecular weight is 767 g/mol. The molecule has 4 rings (SSSR count). The molecule has 0 saturated carbocycles. The highest BCUT2D eigenvalue weighted by Crippen LogP contribution is 2.47. The number of benzene rings is 1. The second-order valence-electron chi connectivity index (χ2n) is 13.4. The molecule has 1 saturated heterocycles. The van der Waals surface area contributed by atoms with Crippen LogP contribution in [0.3, 0.4) is 0 Å². The van der Waals surface area contributed by atoms with Gasteiger partial charge in [-0.05, 0) is 69.7 Å². The van der Waals surface area contributed by atoms with Gasteiger partial charge in [-0.3, -0.25) is 9.32 Å². The van der Waals surface area contributed by atoms with Crippen molar-refractivity contribution < 1.29 is 38.1 Å². The minimum absolute atomic E-state index is 0.0983. The smallest absolute Gasteiger partial charge is 0.459 e. The number of aliphatic hydroxyl groups excluding tert-OH is 2. The first-order valence-corrected chi connectivity index (χ1v) is 20.5. The quantitative estimate of drug-likeness (QED) is 0.0325. The zero-order valence-electron chi connectivity index (χ0n) is 31.3. The Morgan fingerprint density at radius 2 is 1.74 bits per heavy atom. The predicted octanol–water partition coefficient (Wildman–Crippen LogP) is 6.69. The van der Waals surface area contributed by atoms with Gasteiger partial charge in [0.05, 0.1) is 18.9 Å². The summed E-state index contributed by atoms with van der Waals surface area (Å²) in [7, 11) is -4.34. The van der Waals surface area contributed by atoms with Crippen LogP contribution in [0.15, 0.2) is 73.1 Å². The second kappa shape index (κ2) is 21.7. The lowest BCUT2D eigenvalue weighted by molar-refractivity contribution is -0.145. The first-order valence-electron chi connectivity index (χ1n) is 18.9. The van der Waals surface area contributed by atoms with Crippen LogP contribution in [0.1, 0.15) is 96.6 Å². The molecule has 0 radical (unpaired) electrons. The van der Waals surface area contributed by atoms with E-state index in [9.17, 15) is 24.8 Å². The van der Waals surface area contributed by atoms with E-state index in [2.05, 4.69) is 46.4 Å². The number of esters is 1. The van der Waals surface area contributed by atoms with E-state index >= 15 is 0 Å². The normalized spacial score (nSPS) is 21.7. The first kappa shape index (κ1) is 42.6. The van der Waals surface area contributed by atoms with Crippen molar-refractivity contribution in [2.24, 2.45) is 0 Å². The number of allylic oxidation sites excluding steroid dienone is 4.